The summed E-state index contributed by atoms with van der Waals surface area (Å²) in [4.78, 5) is 39.0. The number of halogens is 1. The maximum Gasteiger partial charge on any atom is 0.332 e. The Balaban J connectivity index is 1.65. The van der Waals surface area contributed by atoms with Crippen molar-refractivity contribution in [3.63, 3.8) is 0 Å². The van der Waals surface area contributed by atoms with E-state index in [0.717, 1.165) is 27.6 Å². The zero-order valence-electron chi connectivity index (χ0n) is 18.2. The number of hydrogen-bond donors (Lipinski definition) is 1. The van der Waals surface area contributed by atoms with Gasteiger partial charge in [-0.15, -0.1) is 10.2 Å². The summed E-state index contributed by atoms with van der Waals surface area (Å²) in [5.41, 5.74) is 6.30. The zero-order chi connectivity index (χ0) is 24.2. The molecular formula is C23H21ClN6O3S. The van der Waals surface area contributed by atoms with Gasteiger partial charge in [0.1, 0.15) is 17.7 Å². The van der Waals surface area contributed by atoms with Gasteiger partial charge in [-0.25, -0.2) is 4.79 Å². The van der Waals surface area contributed by atoms with E-state index in [1.54, 1.807) is 29.7 Å². The molecule has 174 valence electrons. The van der Waals surface area contributed by atoms with Crippen molar-refractivity contribution in [1.82, 2.24) is 23.9 Å². The lowest BCUT2D eigenvalue weighted by molar-refractivity contribution is 0.102. The number of rotatable bonds is 8. The molecule has 0 aliphatic rings. The van der Waals surface area contributed by atoms with Crippen molar-refractivity contribution in [3.05, 3.63) is 97.9 Å². The van der Waals surface area contributed by atoms with Gasteiger partial charge in [-0.3, -0.25) is 23.3 Å². The van der Waals surface area contributed by atoms with Crippen molar-refractivity contribution >= 4 is 35.0 Å². The molecule has 11 heteroatoms. The molecule has 4 rings (SSSR count). The van der Waals surface area contributed by atoms with Gasteiger partial charge in [0.05, 0.1) is 18.0 Å². The number of benzene rings is 2. The molecule has 0 spiro atoms. The Labute approximate surface area is 203 Å². The molecule has 0 saturated carbocycles. The summed E-state index contributed by atoms with van der Waals surface area (Å²) < 4.78 is 3.96. The van der Waals surface area contributed by atoms with E-state index < -0.39 is 17.0 Å². The largest absolute Gasteiger partial charge is 0.384 e. The summed E-state index contributed by atoms with van der Waals surface area (Å²) in [6.07, 6.45) is 1.51. The van der Waals surface area contributed by atoms with Crippen molar-refractivity contribution in [2.24, 2.45) is 0 Å². The number of ketones is 1. The summed E-state index contributed by atoms with van der Waals surface area (Å²) >= 11 is 7.18. The van der Waals surface area contributed by atoms with Gasteiger partial charge in [0.2, 0.25) is 0 Å². The highest BCUT2D eigenvalue weighted by atomic mass is 35.5. The van der Waals surface area contributed by atoms with Crippen LogP contribution in [0.5, 0.6) is 0 Å². The Morgan fingerprint density at radius 3 is 2.56 bits per heavy atom. The summed E-state index contributed by atoms with van der Waals surface area (Å²) in [6.45, 7) is 1.92. The Hall–Kier alpha value is -3.63. The topological polar surface area (TPSA) is 118 Å². The second kappa shape index (κ2) is 10.1. The molecular weight excluding hydrogens is 476 g/mol. The lowest BCUT2D eigenvalue weighted by Crippen LogP contribution is -2.44. The van der Waals surface area contributed by atoms with E-state index >= 15 is 0 Å². The van der Waals surface area contributed by atoms with Gasteiger partial charge in [0.25, 0.3) is 5.56 Å². The van der Waals surface area contributed by atoms with Crippen LogP contribution in [0.1, 0.15) is 22.8 Å². The Kier molecular flexibility index (Phi) is 6.99. The smallest absolute Gasteiger partial charge is 0.332 e. The van der Waals surface area contributed by atoms with Crippen molar-refractivity contribution in [2.75, 3.05) is 11.5 Å². The fraction of sp³-hybridized carbons (Fsp3) is 0.174. The summed E-state index contributed by atoms with van der Waals surface area (Å²) in [7, 11) is 0. The van der Waals surface area contributed by atoms with E-state index in [-0.39, 0.29) is 30.2 Å². The number of nitrogen functional groups attached to an aromatic ring is 1. The number of thioether (sulfide) groups is 1. The van der Waals surface area contributed by atoms with Gasteiger partial charge >= 0.3 is 5.69 Å². The van der Waals surface area contributed by atoms with Crippen LogP contribution in [0.3, 0.4) is 0 Å². The molecule has 0 bridgehead atoms. The first-order chi connectivity index (χ1) is 16.4. The fourth-order valence-corrected chi connectivity index (χ4v) is 4.49. The first kappa shape index (κ1) is 23.5. The van der Waals surface area contributed by atoms with Crippen LogP contribution in [0.2, 0.25) is 5.02 Å². The SMILES string of the molecule is CCn1c(=O)c(C(=O)CSc2nncn2-c2cccc(Cl)c2)c(N)n(Cc2ccccc2)c1=O. The molecule has 2 heterocycles. The van der Waals surface area contributed by atoms with Crippen molar-refractivity contribution in [1.29, 1.82) is 0 Å². The number of Topliss-reactive ketones (excluding diaryl/α,β-unsaturated/α-hetero) is 1. The van der Waals surface area contributed by atoms with E-state index in [0.29, 0.717) is 10.2 Å². The van der Waals surface area contributed by atoms with Crippen LogP contribution in [0.25, 0.3) is 5.69 Å². The van der Waals surface area contributed by atoms with Crippen LogP contribution in [0, 0.1) is 0 Å². The summed E-state index contributed by atoms with van der Waals surface area (Å²) in [6, 6.07) is 16.3. The number of carbonyl (C=O) groups excluding carboxylic acids is 1. The third-order valence-electron chi connectivity index (χ3n) is 5.18. The highest BCUT2D eigenvalue weighted by Gasteiger charge is 2.23. The number of anilines is 1. The number of carbonyl (C=O) groups is 1. The number of aromatic nitrogens is 5. The number of nitrogens with zero attached hydrogens (tertiary/aromatic N) is 5. The third-order valence-corrected chi connectivity index (χ3v) is 6.36. The normalized spacial score (nSPS) is 11.0. The molecule has 2 N–H and O–H groups in total. The van der Waals surface area contributed by atoms with Crippen molar-refractivity contribution in [3.8, 4) is 5.69 Å². The second-order valence-electron chi connectivity index (χ2n) is 7.34. The van der Waals surface area contributed by atoms with Crippen LogP contribution in [-0.4, -0.2) is 35.4 Å². The average Bonchev–Trinajstić information content (AvgIpc) is 3.30. The predicted octanol–water partition coefficient (Wildman–Crippen LogP) is 2.87. The van der Waals surface area contributed by atoms with Crippen LogP contribution < -0.4 is 17.0 Å². The van der Waals surface area contributed by atoms with Gasteiger partial charge < -0.3 is 5.73 Å². The van der Waals surface area contributed by atoms with E-state index in [1.807, 2.05) is 36.4 Å². The Morgan fingerprint density at radius 2 is 1.85 bits per heavy atom. The van der Waals surface area contributed by atoms with Gasteiger partial charge in [-0.05, 0) is 30.7 Å². The van der Waals surface area contributed by atoms with Gasteiger partial charge in [0.15, 0.2) is 10.9 Å². The number of hydrogen-bond acceptors (Lipinski definition) is 7. The standard InChI is InChI=1S/C23H21ClN6O3S/c1-2-28-21(32)19(20(25)29(23(28)33)12-15-7-4-3-5-8-15)18(31)13-34-22-27-26-14-30(22)17-10-6-9-16(24)11-17/h3-11,14H,2,12-13,25H2,1H3. The van der Waals surface area contributed by atoms with Crippen LogP contribution in [0.4, 0.5) is 5.82 Å². The van der Waals surface area contributed by atoms with Crippen LogP contribution in [0.15, 0.2) is 75.7 Å². The van der Waals surface area contributed by atoms with Gasteiger partial charge in [-0.1, -0.05) is 59.8 Å². The maximum atomic E-state index is 13.2. The van der Waals surface area contributed by atoms with E-state index in [1.165, 1.54) is 10.9 Å². The third kappa shape index (κ3) is 4.68. The fourth-order valence-electron chi connectivity index (χ4n) is 3.50. The molecule has 0 saturated heterocycles. The Bertz CT molecular complexity index is 1460. The number of nitrogens with two attached hydrogens (primary N) is 1. The lowest BCUT2D eigenvalue weighted by atomic mass is 10.2. The second-order valence-corrected chi connectivity index (χ2v) is 8.72. The quantitative estimate of drug-likeness (QED) is 0.294. The van der Waals surface area contributed by atoms with Crippen LogP contribution >= 0.6 is 23.4 Å². The van der Waals surface area contributed by atoms with Crippen molar-refractivity contribution < 1.29 is 4.79 Å². The highest BCUT2D eigenvalue weighted by molar-refractivity contribution is 7.99. The zero-order valence-corrected chi connectivity index (χ0v) is 19.8. The maximum absolute atomic E-state index is 13.2. The molecule has 2 aromatic carbocycles. The molecule has 0 aliphatic heterocycles. The highest BCUT2D eigenvalue weighted by Crippen LogP contribution is 2.23. The molecule has 2 aromatic heterocycles. The lowest BCUT2D eigenvalue weighted by Gasteiger charge is -2.15. The van der Waals surface area contributed by atoms with E-state index in [2.05, 4.69) is 10.2 Å². The minimum absolute atomic E-state index is 0.114. The molecule has 34 heavy (non-hydrogen) atoms. The van der Waals surface area contributed by atoms with Gasteiger partial charge in [-0.2, -0.15) is 0 Å². The minimum atomic E-state index is -0.698. The predicted molar refractivity (Wildman–Crippen MR) is 132 cm³/mol. The molecule has 0 fully saturated rings. The molecule has 0 radical (unpaired) electrons. The van der Waals surface area contributed by atoms with E-state index in [9.17, 15) is 14.4 Å². The Morgan fingerprint density at radius 1 is 1.09 bits per heavy atom. The summed E-state index contributed by atoms with van der Waals surface area (Å²) in [5.74, 6) is -0.769. The molecule has 9 nitrogen and oxygen atoms in total. The average molecular weight is 497 g/mol. The molecule has 0 aliphatic carbocycles. The monoisotopic (exact) mass is 496 g/mol. The van der Waals surface area contributed by atoms with E-state index in [4.69, 9.17) is 17.3 Å². The summed E-state index contributed by atoms with van der Waals surface area (Å²) in [5, 5.41) is 8.98. The molecule has 0 atom stereocenters. The van der Waals surface area contributed by atoms with Crippen molar-refractivity contribution in [2.45, 2.75) is 25.2 Å². The first-order valence-corrected chi connectivity index (χ1v) is 11.8. The molecule has 0 unspecified atom stereocenters. The molecule has 0 amide bonds. The van der Waals surface area contributed by atoms with Gasteiger partial charge in [0, 0.05) is 11.6 Å². The minimum Gasteiger partial charge on any atom is -0.384 e. The molecule has 4 aromatic rings. The van der Waals surface area contributed by atoms with Crippen LogP contribution in [-0.2, 0) is 13.1 Å². The first-order valence-electron chi connectivity index (χ1n) is 10.4.